The number of hydrogen-bond donors (Lipinski definition) is 2. The summed E-state index contributed by atoms with van der Waals surface area (Å²) >= 11 is 0. The van der Waals surface area contributed by atoms with Crippen molar-refractivity contribution in [2.24, 2.45) is 0 Å². The molecule has 0 aliphatic carbocycles. The van der Waals surface area contributed by atoms with Crippen LogP contribution in [0.3, 0.4) is 0 Å². The Bertz CT molecular complexity index is 1210. The monoisotopic (exact) mass is 469 g/mol. The van der Waals surface area contributed by atoms with Gasteiger partial charge in [0.25, 0.3) is 15.9 Å². The summed E-state index contributed by atoms with van der Waals surface area (Å²) in [4.78, 5) is 11.3. The molecule has 12 heteroatoms. The third kappa shape index (κ3) is 4.60. The molecule has 2 aromatic rings. The first-order valence-electron chi connectivity index (χ1n) is 9.40. The molecule has 168 valence electrons. The van der Waals surface area contributed by atoms with E-state index in [9.17, 15) is 21.6 Å². The maximum absolute atomic E-state index is 13.0. The van der Waals surface area contributed by atoms with Crippen LogP contribution < -0.4 is 19.5 Å². The molecule has 2 aromatic carbocycles. The van der Waals surface area contributed by atoms with Crippen LogP contribution in [-0.2, 0) is 24.8 Å². The molecule has 1 aliphatic heterocycles. The van der Waals surface area contributed by atoms with Crippen LogP contribution >= 0.6 is 0 Å². The number of sulfonamides is 2. The van der Waals surface area contributed by atoms with E-state index in [1.165, 1.54) is 47.8 Å². The van der Waals surface area contributed by atoms with Gasteiger partial charge >= 0.3 is 0 Å². The van der Waals surface area contributed by atoms with Gasteiger partial charge < -0.3 is 14.8 Å². The second-order valence-electron chi connectivity index (χ2n) is 6.55. The first-order chi connectivity index (χ1) is 14.6. The predicted molar refractivity (Wildman–Crippen MR) is 114 cm³/mol. The zero-order chi connectivity index (χ0) is 22.8. The lowest BCUT2D eigenvalue weighted by Crippen LogP contribution is -2.30. The molecular formula is C19H23N3O7S2. The smallest absolute Gasteiger partial charge is 0.262 e. The fourth-order valence-electron chi connectivity index (χ4n) is 3.07. The quantitative estimate of drug-likeness (QED) is 0.603. The van der Waals surface area contributed by atoms with Gasteiger partial charge in [-0.15, -0.1) is 0 Å². The number of rotatable bonds is 8. The summed E-state index contributed by atoms with van der Waals surface area (Å²) in [5.41, 5.74) is 0.192. The van der Waals surface area contributed by atoms with Crippen molar-refractivity contribution in [3.8, 4) is 11.5 Å². The number of nitrogens with one attached hydrogen (secondary N) is 2. The minimum Gasteiger partial charge on any atom is -0.495 e. The maximum Gasteiger partial charge on any atom is 0.262 e. The van der Waals surface area contributed by atoms with Gasteiger partial charge in [0.1, 0.15) is 11.5 Å². The average Bonchev–Trinajstić information content (AvgIpc) is 2.73. The van der Waals surface area contributed by atoms with Crippen LogP contribution in [0.15, 0.2) is 46.2 Å². The van der Waals surface area contributed by atoms with Crippen molar-refractivity contribution in [1.82, 2.24) is 4.31 Å². The van der Waals surface area contributed by atoms with Crippen molar-refractivity contribution in [2.45, 2.75) is 23.6 Å². The fraction of sp³-hybridized carbons (Fsp3) is 0.316. The van der Waals surface area contributed by atoms with Crippen molar-refractivity contribution in [2.75, 3.05) is 36.8 Å². The second-order valence-corrected chi connectivity index (χ2v) is 10.2. The Kier molecular flexibility index (Phi) is 6.43. The van der Waals surface area contributed by atoms with Gasteiger partial charge in [-0.1, -0.05) is 13.8 Å². The molecule has 0 aromatic heterocycles. The van der Waals surface area contributed by atoms with Crippen LogP contribution in [0.5, 0.6) is 11.5 Å². The van der Waals surface area contributed by atoms with Gasteiger partial charge in [0.05, 0.1) is 28.3 Å². The number of carbonyl (C=O) groups is 1. The highest BCUT2D eigenvalue weighted by Gasteiger charge is 2.25. The average molecular weight is 470 g/mol. The van der Waals surface area contributed by atoms with Crippen LogP contribution in [0.25, 0.3) is 0 Å². The molecular weight excluding hydrogens is 446 g/mol. The van der Waals surface area contributed by atoms with Gasteiger partial charge in [-0.25, -0.2) is 16.8 Å². The van der Waals surface area contributed by atoms with E-state index in [2.05, 4.69) is 10.0 Å². The SMILES string of the molecule is CCN(CC)S(=O)(=O)c1ccc(OC)c(NS(=O)(=O)c2ccc3c(c2)NC(=O)CO3)c1. The minimum atomic E-state index is -4.14. The molecule has 1 heterocycles. The molecule has 1 amide bonds. The molecule has 10 nitrogen and oxygen atoms in total. The van der Waals surface area contributed by atoms with Crippen LogP contribution in [0.1, 0.15) is 13.8 Å². The van der Waals surface area contributed by atoms with Crippen LogP contribution in [0.2, 0.25) is 0 Å². The summed E-state index contributed by atoms with van der Waals surface area (Å²) in [6.07, 6.45) is 0. The van der Waals surface area contributed by atoms with Crippen molar-refractivity contribution in [1.29, 1.82) is 0 Å². The Hall–Kier alpha value is -2.83. The molecule has 0 bridgehead atoms. The molecule has 0 spiro atoms. The Labute approximate surface area is 181 Å². The minimum absolute atomic E-state index is 0.0336. The number of benzene rings is 2. The van der Waals surface area contributed by atoms with Gasteiger partial charge in [-0.2, -0.15) is 4.31 Å². The van der Waals surface area contributed by atoms with E-state index >= 15 is 0 Å². The Morgan fingerprint density at radius 3 is 2.39 bits per heavy atom. The third-order valence-corrected chi connectivity index (χ3v) is 8.06. The summed E-state index contributed by atoms with van der Waals surface area (Å²) in [7, 11) is -6.60. The zero-order valence-corrected chi connectivity index (χ0v) is 18.8. The molecule has 0 fully saturated rings. The van der Waals surface area contributed by atoms with E-state index in [1.54, 1.807) is 13.8 Å². The Morgan fingerprint density at radius 2 is 1.74 bits per heavy atom. The zero-order valence-electron chi connectivity index (χ0n) is 17.2. The Balaban J connectivity index is 1.99. The lowest BCUT2D eigenvalue weighted by Gasteiger charge is -2.20. The van der Waals surface area contributed by atoms with Crippen LogP contribution in [0.4, 0.5) is 11.4 Å². The molecule has 0 radical (unpaired) electrons. The number of ether oxygens (including phenoxy) is 2. The normalized spacial score (nSPS) is 13.9. The largest absolute Gasteiger partial charge is 0.495 e. The molecule has 31 heavy (non-hydrogen) atoms. The van der Waals surface area contributed by atoms with Crippen molar-refractivity contribution < 1.29 is 31.1 Å². The third-order valence-electron chi connectivity index (χ3n) is 4.65. The number of methoxy groups -OCH3 is 1. The summed E-state index contributed by atoms with van der Waals surface area (Å²) in [5.74, 6) is 0.103. The van der Waals surface area contributed by atoms with E-state index < -0.39 is 26.0 Å². The van der Waals surface area contributed by atoms with Gasteiger partial charge in [0, 0.05) is 13.1 Å². The van der Waals surface area contributed by atoms with E-state index in [0.29, 0.717) is 5.75 Å². The molecule has 0 saturated carbocycles. The molecule has 0 saturated heterocycles. The van der Waals surface area contributed by atoms with Crippen molar-refractivity contribution in [3.63, 3.8) is 0 Å². The van der Waals surface area contributed by atoms with E-state index in [4.69, 9.17) is 9.47 Å². The summed E-state index contributed by atoms with van der Waals surface area (Å²) in [6, 6.07) is 7.97. The first kappa shape index (κ1) is 22.8. The van der Waals surface area contributed by atoms with E-state index in [1.807, 2.05) is 0 Å². The molecule has 3 rings (SSSR count). The Morgan fingerprint density at radius 1 is 1.06 bits per heavy atom. The van der Waals surface area contributed by atoms with Gasteiger partial charge in [-0.3, -0.25) is 9.52 Å². The lowest BCUT2D eigenvalue weighted by atomic mass is 10.2. The highest BCUT2D eigenvalue weighted by atomic mass is 32.2. The number of nitrogens with zero attached hydrogens (tertiary/aromatic N) is 1. The van der Waals surface area contributed by atoms with Gasteiger partial charge in [0.15, 0.2) is 6.61 Å². The topological polar surface area (TPSA) is 131 Å². The number of amides is 1. The van der Waals surface area contributed by atoms with Crippen molar-refractivity contribution in [3.05, 3.63) is 36.4 Å². The second kappa shape index (κ2) is 8.73. The number of anilines is 2. The molecule has 0 unspecified atom stereocenters. The van der Waals surface area contributed by atoms with E-state index in [0.717, 1.165) is 0 Å². The molecule has 2 N–H and O–H groups in total. The van der Waals surface area contributed by atoms with Crippen molar-refractivity contribution >= 4 is 37.3 Å². The van der Waals surface area contributed by atoms with Crippen LogP contribution in [-0.4, -0.2) is 53.9 Å². The predicted octanol–water partition coefficient (Wildman–Crippen LogP) is 1.86. The van der Waals surface area contributed by atoms with E-state index in [-0.39, 0.29) is 46.6 Å². The number of carbonyl (C=O) groups excluding carboxylic acids is 1. The molecule has 0 atom stereocenters. The maximum atomic E-state index is 13.0. The first-order valence-corrected chi connectivity index (χ1v) is 12.3. The molecule has 1 aliphatic rings. The highest BCUT2D eigenvalue weighted by molar-refractivity contribution is 7.92. The fourth-order valence-corrected chi connectivity index (χ4v) is 5.64. The number of hydrogen-bond acceptors (Lipinski definition) is 7. The summed E-state index contributed by atoms with van der Waals surface area (Å²) in [5, 5.41) is 2.55. The lowest BCUT2D eigenvalue weighted by molar-refractivity contribution is -0.118. The standard InChI is InChI=1S/C19H23N3O7S2/c1-4-22(5-2)31(26,27)14-7-8-17(28-3)16(11-14)21-30(24,25)13-6-9-18-15(10-13)20-19(23)12-29-18/h6-11,21H,4-5,12H2,1-3H3,(H,20,23). The number of fused-ring (bicyclic) bond motifs is 1. The van der Waals surface area contributed by atoms with Gasteiger partial charge in [-0.05, 0) is 36.4 Å². The highest BCUT2D eigenvalue weighted by Crippen LogP contribution is 2.33. The summed E-state index contributed by atoms with van der Waals surface area (Å²) in [6.45, 7) is 3.82. The van der Waals surface area contributed by atoms with Crippen LogP contribution in [0, 0.1) is 0 Å². The summed E-state index contributed by atoms with van der Waals surface area (Å²) < 4.78 is 65.7. The van der Waals surface area contributed by atoms with Gasteiger partial charge in [0.2, 0.25) is 10.0 Å².